The van der Waals surface area contributed by atoms with E-state index in [1.165, 1.54) is 0 Å². The molecule has 0 radical (unpaired) electrons. The summed E-state index contributed by atoms with van der Waals surface area (Å²) in [6.07, 6.45) is 1.58. The van der Waals surface area contributed by atoms with Crippen LogP contribution < -0.4 is 11.1 Å². The van der Waals surface area contributed by atoms with Crippen molar-refractivity contribution in [2.24, 2.45) is 11.7 Å². The van der Waals surface area contributed by atoms with E-state index in [0.29, 0.717) is 18.9 Å². The van der Waals surface area contributed by atoms with Crippen molar-refractivity contribution in [2.45, 2.75) is 32.7 Å². The number of halogens is 1. The van der Waals surface area contributed by atoms with Crippen molar-refractivity contribution in [3.63, 3.8) is 0 Å². The van der Waals surface area contributed by atoms with Crippen LogP contribution in [0.3, 0.4) is 0 Å². The van der Waals surface area contributed by atoms with Crippen molar-refractivity contribution >= 4 is 18.3 Å². The fraction of sp³-hybridized carbons (Fsp3) is 0.500. The Hall–Kier alpha value is -1.06. The van der Waals surface area contributed by atoms with Gasteiger partial charge >= 0.3 is 0 Å². The van der Waals surface area contributed by atoms with Gasteiger partial charge in [-0.2, -0.15) is 0 Å². The number of carbonyl (C=O) groups is 1. The van der Waals surface area contributed by atoms with Crippen LogP contribution in [0.15, 0.2) is 30.3 Å². The summed E-state index contributed by atoms with van der Waals surface area (Å²) in [6, 6.07) is 9.39. The number of amides is 1. The first kappa shape index (κ1) is 16.9. The third-order valence-electron chi connectivity index (χ3n) is 2.66. The molecule has 3 N–H and O–H groups in total. The molecule has 1 atom stereocenters. The van der Waals surface area contributed by atoms with Gasteiger partial charge in [0.15, 0.2) is 0 Å². The average Bonchev–Trinajstić information content (AvgIpc) is 2.29. The van der Waals surface area contributed by atoms with Crippen molar-refractivity contribution in [1.82, 2.24) is 5.32 Å². The van der Waals surface area contributed by atoms with Crippen LogP contribution in [-0.4, -0.2) is 18.5 Å². The molecule has 18 heavy (non-hydrogen) atoms. The molecule has 0 spiro atoms. The molecule has 102 valence electrons. The minimum atomic E-state index is -0.454. The smallest absolute Gasteiger partial charge is 0.237 e. The SMILES string of the molecule is CC(C)CCNC(=O)C(N)Cc1ccccc1.Cl. The van der Waals surface area contributed by atoms with Crippen LogP contribution >= 0.6 is 12.4 Å². The predicted molar refractivity (Wildman–Crippen MR) is 77.8 cm³/mol. The highest BCUT2D eigenvalue weighted by Crippen LogP contribution is 2.02. The van der Waals surface area contributed by atoms with Crippen molar-refractivity contribution in [3.8, 4) is 0 Å². The number of benzene rings is 1. The molecule has 0 saturated heterocycles. The average molecular weight is 271 g/mol. The molecular weight excluding hydrogens is 248 g/mol. The highest BCUT2D eigenvalue weighted by molar-refractivity contribution is 5.85. The minimum absolute atomic E-state index is 0. The highest BCUT2D eigenvalue weighted by Gasteiger charge is 2.13. The minimum Gasteiger partial charge on any atom is -0.355 e. The summed E-state index contributed by atoms with van der Waals surface area (Å²) < 4.78 is 0. The van der Waals surface area contributed by atoms with E-state index >= 15 is 0 Å². The number of hydrogen-bond donors (Lipinski definition) is 2. The zero-order valence-electron chi connectivity index (χ0n) is 11.1. The van der Waals surface area contributed by atoms with Gasteiger partial charge in [-0.15, -0.1) is 12.4 Å². The van der Waals surface area contributed by atoms with Gasteiger partial charge in [-0.05, 0) is 24.3 Å². The molecule has 1 aromatic rings. The maximum absolute atomic E-state index is 11.7. The maximum atomic E-state index is 11.7. The zero-order valence-corrected chi connectivity index (χ0v) is 11.9. The van der Waals surface area contributed by atoms with Crippen LogP contribution in [0.4, 0.5) is 0 Å². The fourth-order valence-electron chi connectivity index (χ4n) is 1.58. The highest BCUT2D eigenvalue weighted by atomic mass is 35.5. The van der Waals surface area contributed by atoms with E-state index in [1.54, 1.807) is 0 Å². The molecule has 1 aromatic carbocycles. The summed E-state index contributed by atoms with van der Waals surface area (Å²) in [5.41, 5.74) is 6.95. The standard InChI is InChI=1S/C14H22N2O.ClH/c1-11(2)8-9-16-14(17)13(15)10-12-6-4-3-5-7-12;/h3-7,11,13H,8-10,15H2,1-2H3,(H,16,17);1H. The van der Waals surface area contributed by atoms with Crippen molar-refractivity contribution in [1.29, 1.82) is 0 Å². The van der Waals surface area contributed by atoms with Gasteiger partial charge < -0.3 is 11.1 Å². The Morgan fingerprint density at radius 2 is 1.89 bits per heavy atom. The van der Waals surface area contributed by atoms with Crippen LogP contribution in [0.1, 0.15) is 25.8 Å². The third-order valence-corrected chi connectivity index (χ3v) is 2.66. The van der Waals surface area contributed by atoms with Crippen LogP contribution in [-0.2, 0) is 11.2 Å². The fourth-order valence-corrected chi connectivity index (χ4v) is 1.58. The van der Waals surface area contributed by atoms with E-state index in [2.05, 4.69) is 19.2 Å². The monoisotopic (exact) mass is 270 g/mol. The van der Waals surface area contributed by atoms with E-state index in [0.717, 1.165) is 12.0 Å². The number of rotatable bonds is 6. The second-order valence-corrected chi connectivity index (χ2v) is 4.77. The van der Waals surface area contributed by atoms with Crippen LogP contribution in [0.2, 0.25) is 0 Å². The van der Waals surface area contributed by atoms with E-state index in [1.807, 2.05) is 30.3 Å². The summed E-state index contributed by atoms with van der Waals surface area (Å²) in [5, 5.41) is 2.87. The molecule has 0 saturated carbocycles. The van der Waals surface area contributed by atoms with Gasteiger partial charge in [-0.3, -0.25) is 4.79 Å². The molecule has 1 rings (SSSR count). The lowest BCUT2D eigenvalue weighted by Gasteiger charge is -2.13. The topological polar surface area (TPSA) is 55.1 Å². The number of nitrogens with two attached hydrogens (primary N) is 1. The molecule has 1 unspecified atom stereocenters. The summed E-state index contributed by atoms with van der Waals surface area (Å²) in [7, 11) is 0. The Morgan fingerprint density at radius 1 is 1.28 bits per heavy atom. The first-order valence-electron chi connectivity index (χ1n) is 6.17. The zero-order chi connectivity index (χ0) is 12.7. The van der Waals surface area contributed by atoms with Crippen LogP contribution in [0.25, 0.3) is 0 Å². The Labute approximate surface area is 116 Å². The van der Waals surface area contributed by atoms with Crippen molar-refractivity contribution in [2.75, 3.05) is 6.54 Å². The lowest BCUT2D eigenvalue weighted by atomic mass is 10.1. The van der Waals surface area contributed by atoms with E-state index in [4.69, 9.17) is 5.73 Å². The summed E-state index contributed by atoms with van der Waals surface area (Å²) >= 11 is 0. The summed E-state index contributed by atoms with van der Waals surface area (Å²) in [4.78, 5) is 11.7. The number of nitrogens with one attached hydrogen (secondary N) is 1. The van der Waals surface area contributed by atoms with E-state index in [-0.39, 0.29) is 18.3 Å². The van der Waals surface area contributed by atoms with Gasteiger partial charge in [-0.25, -0.2) is 0 Å². The largest absolute Gasteiger partial charge is 0.355 e. The molecular formula is C14H23ClN2O. The lowest BCUT2D eigenvalue weighted by molar-refractivity contribution is -0.122. The molecule has 0 aliphatic rings. The second-order valence-electron chi connectivity index (χ2n) is 4.77. The molecule has 4 heteroatoms. The van der Waals surface area contributed by atoms with Gasteiger partial charge in [0.2, 0.25) is 5.91 Å². The van der Waals surface area contributed by atoms with E-state index < -0.39 is 6.04 Å². The maximum Gasteiger partial charge on any atom is 0.237 e. The van der Waals surface area contributed by atoms with Gasteiger partial charge in [0.1, 0.15) is 0 Å². The normalized spacial score (nSPS) is 11.8. The molecule has 3 nitrogen and oxygen atoms in total. The first-order valence-corrected chi connectivity index (χ1v) is 6.17. The molecule has 1 amide bonds. The molecule has 0 fully saturated rings. The Bertz CT molecular complexity index is 341. The predicted octanol–water partition coefficient (Wildman–Crippen LogP) is 2.14. The molecule has 0 aliphatic heterocycles. The Morgan fingerprint density at radius 3 is 2.44 bits per heavy atom. The van der Waals surface area contributed by atoms with Crippen molar-refractivity contribution < 1.29 is 4.79 Å². The van der Waals surface area contributed by atoms with Gasteiger partial charge in [-0.1, -0.05) is 44.2 Å². The Balaban J connectivity index is 0.00000289. The van der Waals surface area contributed by atoms with Gasteiger partial charge in [0, 0.05) is 6.54 Å². The summed E-state index contributed by atoms with van der Waals surface area (Å²) in [6.45, 7) is 4.98. The first-order chi connectivity index (χ1) is 8.09. The van der Waals surface area contributed by atoms with Crippen LogP contribution in [0, 0.1) is 5.92 Å². The second kappa shape index (κ2) is 8.95. The quantitative estimate of drug-likeness (QED) is 0.832. The summed E-state index contributed by atoms with van der Waals surface area (Å²) in [5.74, 6) is 0.537. The molecule has 0 aliphatic carbocycles. The van der Waals surface area contributed by atoms with Crippen LogP contribution in [0.5, 0.6) is 0 Å². The molecule has 0 heterocycles. The van der Waals surface area contributed by atoms with Crippen molar-refractivity contribution in [3.05, 3.63) is 35.9 Å². The number of hydrogen-bond acceptors (Lipinski definition) is 2. The molecule has 0 aromatic heterocycles. The van der Waals surface area contributed by atoms with Gasteiger partial charge in [0.05, 0.1) is 6.04 Å². The third kappa shape index (κ3) is 6.62. The molecule has 0 bridgehead atoms. The number of carbonyl (C=O) groups excluding carboxylic acids is 1. The lowest BCUT2D eigenvalue weighted by Crippen LogP contribution is -2.42. The van der Waals surface area contributed by atoms with E-state index in [9.17, 15) is 4.79 Å². The Kier molecular flexibility index (Phi) is 8.42. The van der Waals surface area contributed by atoms with Gasteiger partial charge in [0.25, 0.3) is 0 Å².